The molecular formula is C10H13NO4S3. The van der Waals surface area contributed by atoms with Gasteiger partial charge in [-0.1, -0.05) is 0 Å². The lowest BCUT2D eigenvalue weighted by Gasteiger charge is -2.09. The van der Waals surface area contributed by atoms with Gasteiger partial charge in [0.25, 0.3) is 0 Å². The Morgan fingerprint density at radius 2 is 2.28 bits per heavy atom. The van der Waals surface area contributed by atoms with E-state index in [1.54, 1.807) is 0 Å². The predicted molar refractivity (Wildman–Crippen MR) is 71.9 cm³/mol. The lowest BCUT2D eigenvalue weighted by Crippen LogP contribution is -2.28. The van der Waals surface area contributed by atoms with Crippen LogP contribution in [-0.2, 0) is 10.0 Å². The third-order valence-electron chi connectivity index (χ3n) is 2.64. The number of sulfonamides is 1. The number of carboxylic acids is 1. The van der Waals surface area contributed by atoms with Crippen molar-refractivity contribution in [2.45, 2.75) is 10.6 Å². The van der Waals surface area contributed by atoms with Crippen LogP contribution in [0.1, 0.15) is 16.1 Å². The van der Waals surface area contributed by atoms with Gasteiger partial charge >= 0.3 is 5.97 Å². The molecule has 1 unspecified atom stereocenters. The zero-order chi connectivity index (χ0) is 13.2. The summed E-state index contributed by atoms with van der Waals surface area (Å²) >= 11 is 2.60. The quantitative estimate of drug-likeness (QED) is 0.861. The lowest BCUT2D eigenvalue weighted by atomic mass is 10.1. The average Bonchev–Trinajstić information content (AvgIpc) is 2.98. The first-order valence-corrected chi connectivity index (χ1v) is 8.85. The summed E-state index contributed by atoms with van der Waals surface area (Å²) in [5, 5.41) is 8.76. The largest absolute Gasteiger partial charge is 0.477 e. The van der Waals surface area contributed by atoms with Gasteiger partial charge in [0.2, 0.25) is 10.0 Å². The Kier molecular flexibility index (Phi) is 4.31. The molecule has 2 N–H and O–H groups in total. The van der Waals surface area contributed by atoms with Gasteiger partial charge < -0.3 is 5.11 Å². The molecule has 1 aliphatic rings. The van der Waals surface area contributed by atoms with Crippen LogP contribution < -0.4 is 4.72 Å². The monoisotopic (exact) mass is 307 g/mol. The van der Waals surface area contributed by atoms with Crippen LogP contribution in [0.15, 0.2) is 16.3 Å². The van der Waals surface area contributed by atoms with Crippen molar-refractivity contribution in [1.29, 1.82) is 0 Å². The molecule has 2 rings (SSSR count). The first kappa shape index (κ1) is 13.9. The second-order valence-electron chi connectivity index (χ2n) is 4.01. The molecule has 18 heavy (non-hydrogen) atoms. The molecule has 1 aromatic rings. The van der Waals surface area contributed by atoms with Crippen molar-refractivity contribution in [3.63, 3.8) is 0 Å². The maximum absolute atomic E-state index is 11.9. The standard InChI is InChI=1S/C10H13NO4S3/c12-10(13)8-1-2-9(17-8)18(14,15)11-5-7-3-4-16-6-7/h1-2,7,11H,3-6H2,(H,12,13). The molecule has 5 nitrogen and oxygen atoms in total. The molecule has 0 spiro atoms. The number of carbonyl (C=O) groups is 1. The number of hydrogen-bond acceptors (Lipinski definition) is 5. The Morgan fingerprint density at radius 3 is 2.83 bits per heavy atom. The third kappa shape index (κ3) is 3.25. The van der Waals surface area contributed by atoms with E-state index in [-0.39, 0.29) is 9.09 Å². The van der Waals surface area contributed by atoms with Crippen molar-refractivity contribution in [1.82, 2.24) is 4.72 Å². The molecule has 0 saturated carbocycles. The maximum atomic E-state index is 11.9. The van der Waals surface area contributed by atoms with E-state index in [1.165, 1.54) is 12.1 Å². The van der Waals surface area contributed by atoms with E-state index in [2.05, 4.69) is 4.72 Å². The number of thiophene rings is 1. The molecule has 0 radical (unpaired) electrons. The Labute approximate surface area is 114 Å². The first-order valence-electron chi connectivity index (χ1n) is 5.39. The summed E-state index contributed by atoms with van der Waals surface area (Å²) < 4.78 is 26.5. The van der Waals surface area contributed by atoms with Crippen LogP contribution in [0.3, 0.4) is 0 Å². The zero-order valence-corrected chi connectivity index (χ0v) is 11.9. The maximum Gasteiger partial charge on any atom is 0.345 e. The zero-order valence-electron chi connectivity index (χ0n) is 9.46. The highest BCUT2D eigenvalue weighted by Crippen LogP contribution is 2.24. The van der Waals surface area contributed by atoms with E-state index in [4.69, 9.17) is 5.11 Å². The van der Waals surface area contributed by atoms with Crippen LogP contribution in [0.25, 0.3) is 0 Å². The van der Waals surface area contributed by atoms with Crippen molar-refractivity contribution in [2.24, 2.45) is 5.92 Å². The molecule has 2 heterocycles. The van der Waals surface area contributed by atoms with E-state index in [1.807, 2.05) is 11.8 Å². The second-order valence-corrected chi connectivity index (χ2v) is 8.23. The van der Waals surface area contributed by atoms with E-state index >= 15 is 0 Å². The minimum Gasteiger partial charge on any atom is -0.477 e. The summed E-state index contributed by atoms with van der Waals surface area (Å²) in [6.45, 7) is 0.426. The van der Waals surface area contributed by atoms with Crippen molar-refractivity contribution >= 4 is 39.1 Å². The van der Waals surface area contributed by atoms with Crippen LogP contribution in [0, 0.1) is 5.92 Å². The molecule has 0 bridgehead atoms. The molecule has 0 aliphatic carbocycles. The summed E-state index contributed by atoms with van der Waals surface area (Å²) in [7, 11) is -3.56. The second kappa shape index (κ2) is 5.60. The van der Waals surface area contributed by atoms with Crippen molar-refractivity contribution in [2.75, 3.05) is 18.1 Å². The smallest absolute Gasteiger partial charge is 0.345 e. The number of hydrogen-bond donors (Lipinski definition) is 2. The fourth-order valence-electron chi connectivity index (χ4n) is 1.62. The third-order valence-corrected chi connectivity index (χ3v) is 6.86. The average molecular weight is 307 g/mol. The Bertz CT molecular complexity index is 531. The minimum atomic E-state index is -3.56. The van der Waals surface area contributed by atoms with Gasteiger partial charge in [-0.05, 0) is 36.0 Å². The summed E-state index contributed by atoms with van der Waals surface area (Å²) in [6, 6.07) is 2.65. The number of thioether (sulfide) groups is 1. The summed E-state index contributed by atoms with van der Waals surface area (Å²) in [5.74, 6) is 1.33. The van der Waals surface area contributed by atoms with Crippen LogP contribution in [0.5, 0.6) is 0 Å². The van der Waals surface area contributed by atoms with Gasteiger partial charge in [-0.25, -0.2) is 17.9 Å². The first-order chi connectivity index (χ1) is 8.49. The van der Waals surface area contributed by atoms with E-state index in [9.17, 15) is 13.2 Å². The molecule has 1 aliphatic heterocycles. The van der Waals surface area contributed by atoms with Crippen LogP contribution in [0.2, 0.25) is 0 Å². The summed E-state index contributed by atoms with van der Waals surface area (Å²) in [4.78, 5) is 10.7. The Hall–Kier alpha value is -0.570. The lowest BCUT2D eigenvalue weighted by molar-refractivity contribution is 0.0702. The normalized spacial score (nSPS) is 20.1. The number of aromatic carboxylic acids is 1. The van der Waals surface area contributed by atoms with Crippen LogP contribution >= 0.6 is 23.1 Å². The van der Waals surface area contributed by atoms with E-state index < -0.39 is 16.0 Å². The summed E-state index contributed by atoms with van der Waals surface area (Å²) in [6.07, 6.45) is 1.03. The SMILES string of the molecule is O=C(O)c1ccc(S(=O)(=O)NCC2CCSC2)s1. The molecular weight excluding hydrogens is 294 g/mol. The van der Waals surface area contributed by atoms with Gasteiger partial charge in [-0.3, -0.25) is 0 Å². The molecule has 1 atom stereocenters. The number of nitrogens with one attached hydrogen (secondary N) is 1. The highest BCUT2D eigenvalue weighted by molar-refractivity contribution is 7.99. The van der Waals surface area contributed by atoms with Crippen LogP contribution in [0.4, 0.5) is 0 Å². The number of rotatable bonds is 5. The van der Waals surface area contributed by atoms with Crippen molar-refractivity contribution in [3.8, 4) is 0 Å². The van der Waals surface area contributed by atoms with Crippen molar-refractivity contribution in [3.05, 3.63) is 17.0 Å². The predicted octanol–water partition coefficient (Wildman–Crippen LogP) is 1.48. The Balaban J connectivity index is 2.02. The van der Waals surface area contributed by atoms with Gasteiger partial charge in [0, 0.05) is 6.54 Å². The molecule has 1 fully saturated rings. The Morgan fingerprint density at radius 1 is 1.50 bits per heavy atom. The van der Waals surface area contributed by atoms with Crippen molar-refractivity contribution < 1.29 is 18.3 Å². The van der Waals surface area contributed by atoms with Gasteiger partial charge in [0.15, 0.2) is 0 Å². The molecule has 1 aromatic heterocycles. The molecule has 100 valence electrons. The van der Waals surface area contributed by atoms with Crippen LogP contribution in [-0.4, -0.2) is 37.5 Å². The van der Waals surface area contributed by atoms with Gasteiger partial charge in [-0.15, -0.1) is 11.3 Å². The van der Waals surface area contributed by atoms with E-state index in [0.29, 0.717) is 12.5 Å². The molecule has 0 amide bonds. The highest BCUT2D eigenvalue weighted by Gasteiger charge is 2.22. The minimum absolute atomic E-state index is 0.0341. The number of carboxylic acid groups (broad SMARTS) is 1. The molecule has 8 heteroatoms. The topological polar surface area (TPSA) is 83.5 Å². The van der Waals surface area contributed by atoms with Gasteiger partial charge in [0.1, 0.15) is 9.09 Å². The fourth-order valence-corrected chi connectivity index (χ4v) is 5.21. The molecule has 1 saturated heterocycles. The van der Waals surface area contributed by atoms with Gasteiger partial charge in [0.05, 0.1) is 0 Å². The molecule has 0 aromatic carbocycles. The van der Waals surface area contributed by atoms with Gasteiger partial charge in [-0.2, -0.15) is 11.8 Å². The highest BCUT2D eigenvalue weighted by atomic mass is 32.2. The fraction of sp³-hybridized carbons (Fsp3) is 0.500. The van der Waals surface area contributed by atoms with E-state index in [0.717, 1.165) is 29.3 Å². The summed E-state index contributed by atoms with van der Waals surface area (Å²) in [5.41, 5.74) is 0.